The zero-order valence-corrected chi connectivity index (χ0v) is 37.0. The van der Waals surface area contributed by atoms with Gasteiger partial charge in [0.2, 0.25) is 11.2 Å². The smallest absolute Gasteiger partial charge is 0.230 e. The van der Waals surface area contributed by atoms with E-state index in [2.05, 4.69) is 35.2 Å². The number of halogens is 3. The van der Waals surface area contributed by atoms with Gasteiger partial charge < -0.3 is 22.5 Å². The molecule has 0 spiro atoms. The molecule has 4 aromatic heterocycles. The van der Waals surface area contributed by atoms with E-state index >= 15 is 0 Å². The molecule has 328 valence electrons. The molecule has 4 heterocycles. The highest BCUT2D eigenvalue weighted by molar-refractivity contribution is 6.29. The maximum absolute atomic E-state index is 14.6. The molecule has 7 N–H and O–H groups in total. The van der Waals surface area contributed by atoms with E-state index in [0.717, 1.165) is 44.5 Å². The van der Waals surface area contributed by atoms with Gasteiger partial charge in [-0.2, -0.15) is 26.0 Å². The van der Waals surface area contributed by atoms with Crippen molar-refractivity contribution in [2.45, 2.75) is 27.7 Å². The molecule has 0 atom stereocenters. The van der Waals surface area contributed by atoms with E-state index < -0.39 is 11.6 Å². The summed E-state index contributed by atoms with van der Waals surface area (Å²) in [5.74, 6) is 0.475. The highest BCUT2D eigenvalue weighted by Gasteiger charge is 2.18. The lowest BCUT2D eigenvalue weighted by Crippen LogP contribution is -2.04. The number of hydrogen-bond acceptors (Lipinski definition) is 14. The Kier molecular flexibility index (Phi) is 14.7. The average molecular weight is 907 g/mol. The fourth-order valence-corrected chi connectivity index (χ4v) is 7.45. The third kappa shape index (κ3) is 11.2. The number of pyridine rings is 2. The monoisotopic (exact) mass is 906 g/mol. The third-order valence-corrected chi connectivity index (χ3v) is 10.1. The van der Waals surface area contributed by atoms with E-state index in [1.165, 1.54) is 48.8 Å². The van der Waals surface area contributed by atoms with E-state index in [-0.39, 0.29) is 22.9 Å². The van der Waals surface area contributed by atoms with E-state index in [9.17, 15) is 8.78 Å². The van der Waals surface area contributed by atoms with Crippen LogP contribution in [0, 0.1) is 84.7 Å². The zero-order valence-electron chi connectivity index (χ0n) is 36.2. The second-order valence-corrected chi connectivity index (χ2v) is 15.1. The van der Waals surface area contributed by atoms with Crippen LogP contribution in [0.2, 0.25) is 5.28 Å². The lowest BCUT2D eigenvalue weighted by atomic mass is 9.92. The van der Waals surface area contributed by atoms with Crippen molar-refractivity contribution >= 4 is 74.8 Å². The first kappa shape index (κ1) is 47.1. The molecule has 0 unspecified atom stereocenters. The summed E-state index contributed by atoms with van der Waals surface area (Å²) in [6.45, 7) is 7.70. The fourth-order valence-electron chi connectivity index (χ4n) is 7.27. The number of allylic oxidation sites excluding steroid dienone is 2. The van der Waals surface area contributed by atoms with Crippen LogP contribution >= 0.6 is 11.6 Å². The van der Waals surface area contributed by atoms with Crippen LogP contribution in [0.3, 0.4) is 0 Å². The molecule has 0 aliphatic heterocycles. The van der Waals surface area contributed by atoms with Gasteiger partial charge in [0.1, 0.15) is 47.0 Å². The van der Waals surface area contributed by atoms with Crippen molar-refractivity contribution in [2.24, 2.45) is 0 Å². The van der Waals surface area contributed by atoms with Gasteiger partial charge in [0.25, 0.3) is 0 Å². The van der Waals surface area contributed by atoms with Crippen LogP contribution in [0.4, 0.5) is 38.0 Å². The van der Waals surface area contributed by atoms with E-state index in [4.69, 9.17) is 49.8 Å². The molecule has 4 aromatic carbocycles. The molecule has 0 saturated heterocycles. The Morgan fingerprint density at radius 3 is 1.48 bits per heavy atom. The van der Waals surface area contributed by atoms with Gasteiger partial charge in [-0.25, -0.2) is 33.7 Å². The number of aryl methyl sites for hydroxylation is 4. The SMILES string of the molecule is Cc1cc(/C=C/C#N)cc(C)c1-c1cc(F)cc2c(N)nc(Cl)nc12.Cc1cc(/C=C/C#N)cc(C)c1-c1cc(F)cc2c(N)nc(Nc3ccc(C#N)cn3)nc12.N#Cc1ccc(N)nc1. The second kappa shape index (κ2) is 20.9. The fraction of sp³-hybridized carbons (Fsp3) is 0.0800. The van der Waals surface area contributed by atoms with E-state index in [1.54, 1.807) is 36.4 Å². The number of nitriles is 4. The zero-order chi connectivity index (χ0) is 48.4. The van der Waals surface area contributed by atoms with Crippen LogP contribution < -0.4 is 22.5 Å². The van der Waals surface area contributed by atoms with Crippen LogP contribution in [-0.4, -0.2) is 29.9 Å². The first-order chi connectivity index (χ1) is 32.1. The molecule has 8 aromatic rings. The summed E-state index contributed by atoms with van der Waals surface area (Å²) in [5.41, 5.74) is 27.6. The number of aromatic nitrogens is 6. The molecule has 0 radical (unpaired) electrons. The summed E-state index contributed by atoms with van der Waals surface area (Å²) in [6.07, 6.45) is 9.15. The number of hydrogen-bond donors (Lipinski definition) is 4. The number of anilines is 5. The standard InChI is InChI=1S/C25H18FN7.C19H14ClFN4.C6H5N3/c1-14-8-16(4-3-7-27)9-15(2)22(14)19-10-18(26)11-20-23(19)32-25(33-24(20)29)31-21-6-5-17(12-28)13-30-21;1-10-6-12(4-3-5-22)7-11(2)16(10)14-8-13(21)9-15-17(14)24-19(20)25-18(15)23;7-3-5-1-2-6(8)9-4-5/h3-6,8-11,13H,1-2H3,(H3,29,30,31,32,33);3-4,6-9H,1-2H3,(H2,23,24,25);1-2,4H,(H2,8,9)/b2*4-3+;. The minimum atomic E-state index is -0.450. The summed E-state index contributed by atoms with van der Waals surface area (Å²) < 4.78 is 28.8. The molecule has 0 aliphatic carbocycles. The Bertz CT molecular complexity index is 3390. The minimum absolute atomic E-state index is 0.0155. The van der Waals surface area contributed by atoms with Gasteiger partial charge in [-0.15, -0.1) is 0 Å². The normalized spacial score (nSPS) is 10.6. The van der Waals surface area contributed by atoms with Gasteiger partial charge in [-0.1, -0.05) is 24.3 Å². The van der Waals surface area contributed by atoms with Crippen molar-refractivity contribution < 1.29 is 8.78 Å². The molecule has 0 fully saturated rings. The summed E-state index contributed by atoms with van der Waals surface area (Å²) in [7, 11) is 0. The Morgan fingerprint density at radius 2 is 1.04 bits per heavy atom. The first-order valence-corrected chi connectivity index (χ1v) is 20.3. The van der Waals surface area contributed by atoms with Crippen molar-refractivity contribution in [3.63, 3.8) is 0 Å². The summed E-state index contributed by atoms with van der Waals surface area (Å²) >= 11 is 5.95. The Balaban J connectivity index is 0.000000191. The molecular formula is C50H37ClF2N14. The first-order valence-electron chi connectivity index (χ1n) is 19.9. The van der Waals surface area contributed by atoms with Crippen molar-refractivity contribution in [3.05, 3.63) is 159 Å². The maximum Gasteiger partial charge on any atom is 0.230 e. The Labute approximate surface area is 388 Å². The van der Waals surface area contributed by atoms with Crippen molar-refractivity contribution in [2.75, 3.05) is 22.5 Å². The summed E-state index contributed by atoms with van der Waals surface area (Å²) in [6, 6.07) is 27.6. The summed E-state index contributed by atoms with van der Waals surface area (Å²) in [5, 5.41) is 38.5. The van der Waals surface area contributed by atoms with E-state index in [1.807, 2.05) is 76.2 Å². The maximum atomic E-state index is 14.6. The second-order valence-electron chi connectivity index (χ2n) is 14.7. The molecule has 17 heteroatoms. The molecule has 0 saturated carbocycles. The van der Waals surface area contributed by atoms with Gasteiger partial charge in [0.15, 0.2) is 0 Å². The van der Waals surface area contributed by atoms with Crippen LogP contribution in [0.15, 0.2) is 97.3 Å². The van der Waals surface area contributed by atoms with Crippen LogP contribution in [0.5, 0.6) is 0 Å². The number of nitrogens with two attached hydrogens (primary N) is 3. The highest BCUT2D eigenvalue weighted by Crippen LogP contribution is 2.38. The molecule has 67 heavy (non-hydrogen) atoms. The number of nitrogens with one attached hydrogen (secondary N) is 1. The number of benzene rings is 4. The number of nitrogens with zero attached hydrogens (tertiary/aromatic N) is 10. The highest BCUT2D eigenvalue weighted by atomic mass is 35.5. The van der Waals surface area contributed by atoms with Crippen LogP contribution in [-0.2, 0) is 0 Å². The van der Waals surface area contributed by atoms with Crippen LogP contribution in [0.1, 0.15) is 44.5 Å². The van der Waals surface area contributed by atoms with Gasteiger partial charge >= 0.3 is 0 Å². The van der Waals surface area contributed by atoms with Crippen molar-refractivity contribution in [3.8, 4) is 46.5 Å². The Morgan fingerprint density at radius 1 is 0.582 bits per heavy atom. The topological polar surface area (TPSA) is 263 Å². The molecule has 14 nitrogen and oxygen atoms in total. The molecular weight excluding hydrogens is 870 g/mol. The van der Waals surface area contributed by atoms with Gasteiger partial charge in [-0.3, -0.25) is 0 Å². The number of rotatable bonds is 6. The van der Waals surface area contributed by atoms with Crippen LogP contribution in [0.25, 0.3) is 56.2 Å². The largest absolute Gasteiger partial charge is 0.384 e. The molecule has 0 aliphatic rings. The van der Waals surface area contributed by atoms with Gasteiger partial charge in [0, 0.05) is 46.4 Å². The van der Waals surface area contributed by atoms with Crippen molar-refractivity contribution in [1.29, 1.82) is 21.0 Å². The molecule has 0 amide bonds. The lowest BCUT2D eigenvalue weighted by Gasteiger charge is -2.15. The predicted octanol–water partition coefficient (Wildman–Crippen LogP) is 10.5. The van der Waals surface area contributed by atoms with E-state index in [0.29, 0.717) is 55.7 Å². The third-order valence-electron chi connectivity index (χ3n) is 9.96. The Hall–Kier alpha value is -9.35. The number of fused-ring (bicyclic) bond motifs is 2. The predicted molar refractivity (Wildman–Crippen MR) is 258 cm³/mol. The summed E-state index contributed by atoms with van der Waals surface area (Å²) in [4.78, 5) is 24.9. The van der Waals surface area contributed by atoms with Gasteiger partial charge in [-0.05, 0) is 144 Å². The van der Waals surface area contributed by atoms with Gasteiger partial charge in [0.05, 0.1) is 34.3 Å². The molecule has 0 bridgehead atoms. The molecule has 8 rings (SSSR count). The average Bonchev–Trinajstić information content (AvgIpc) is 3.29. The minimum Gasteiger partial charge on any atom is -0.384 e. The lowest BCUT2D eigenvalue weighted by molar-refractivity contribution is 0.629. The quantitative estimate of drug-likeness (QED) is 0.0893. The van der Waals surface area contributed by atoms with Crippen molar-refractivity contribution in [1.82, 2.24) is 29.9 Å². The number of nitrogen functional groups attached to an aromatic ring is 3.